The van der Waals surface area contributed by atoms with Crippen molar-refractivity contribution in [3.63, 3.8) is 0 Å². The molecule has 13 aromatic rings. The molecule has 0 saturated carbocycles. The minimum Gasteiger partial charge on any atom is -0.460 e. The van der Waals surface area contributed by atoms with Crippen LogP contribution in [0.3, 0.4) is 0 Å². The van der Waals surface area contributed by atoms with Gasteiger partial charge >= 0.3 is 24.8 Å². The van der Waals surface area contributed by atoms with Crippen LogP contribution in [0.15, 0.2) is 240 Å². The van der Waals surface area contributed by atoms with Crippen LogP contribution in [-0.4, -0.2) is 19.9 Å². The van der Waals surface area contributed by atoms with E-state index >= 15 is 0 Å². The minimum absolute atomic E-state index is 0. The Morgan fingerprint density at radius 3 is 1.51 bits per heavy atom. The fourth-order valence-electron chi connectivity index (χ4n) is 9.70. The van der Waals surface area contributed by atoms with Crippen LogP contribution in [0.1, 0.15) is 48.8 Å². The van der Waals surface area contributed by atoms with E-state index in [0.717, 1.165) is 60.4 Å². The molecule has 9 heteroatoms. The molecule has 3 aromatic heterocycles. The second-order valence-corrected chi connectivity index (χ2v) is 18.6. The van der Waals surface area contributed by atoms with Gasteiger partial charge in [0.2, 0.25) is 0 Å². The standard InChI is InChI=1S/C16H9BrO.C16H14O.C16H10O.C10H8O.C6H8.CH3F.CH4.BHNS.H2/c17-14-9-13-11-6-3-4-8-15(11)18-16(13)12-7-2-1-5-10(12)14;2*1-2-6-12-11(5-1)9-10-14-13-7-3-4-8-15(13)17-16(12)14;11-10-7-3-5-8-4-1-2-6-9(8)10;1-2-4-6-5-3-1;1-2;;1-2-3;/h1-9H;1-2,5-6,9-10H,3-4,7-8H2;1-10H;1-7,11H;1-4H,5-6H2;1H3;1H4;3H;1H/i;;;;;1D;;;1+1D. The number of halogens is 2. The molecule has 0 aliphatic heterocycles. The van der Waals surface area contributed by atoms with E-state index in [1.807, 2.05) is 84.9 Å². The predicted octanol–water partition coefficient (Wildman–Crippen LogP) is 20.8. The number of fused-ring (bicyclic) bond motifs is 16. The second kappa shape index (κ2) is 26.0. The summed E-state index contributed by atoms with van der Waals surface area (Å²) >= 11 is 6.84. The van der Waals surface area contributed by atoms with Gasteiger partial charge in [-0.3, -0.25) is 4.39 Å². The fraction of sp³-hybridized carbons (Fsp3) is 0.121. The molecule has 2 aliphatic rings. The summed E-state index contributed by atoms with van der Waals surface area (Å²) in [6.45, 7) is 0. The molecule has 75 heavy (non-hydrogen) atoms. The number of alkyl halides is 1. The van der Waals surface area contributed by atoms with E-state index in [0.29, 0.717) is 5.75 Å². The van der Waals surface area contributed by atoms with Crippen molar-refractivity contribution in [3.8, 4) is 5.75 Å². The first-order chi connectivity index (χ1) is 37.9. The Kier molecular flexibility index (Phi) is 17.6. The fourth-order valence-corrected chi connectivity index (χ4v) is 10.3. The molecule has 0 bridgehead atoms. The molecule has 0 fully saturated rings. The first-order valence-corrected chi connectivity index (χ1v) is 25.7. The molecule has 15 rings (SSSR count). The molecule has 10 aromatic carbocycles. The molecular formula is C66H59BBrFNO4S. The molecule has 0 spiro atoms. The van der Waals surface area contributed by atoms with Gasteiger partial charge in [-0.05, 0) is 84.0 Å². The van der Waals surface area contributed by atoms with Crippen molar-refractivity contribution in [2.45, 2.75) is 46.0 Å². The van der Waals surface area contributed by atoms with E-state index in [2.05, 4.69) is 168 Å². The zero-order valence-corrected chi connectivity index (χ0v) is 43.1. The molecule has 0 saturated heterocycles. The summed E-state index contributed by atoms with van der Waals surface area (Å²) in [5.74, 6) is 1.57. The maximum Gasteiger partial charge on any atom is 0.143 e. The number of nitrogens with zero attached hydrogens (tertiary/aromatic N) is 1. The van der Waals surface area contributed by atoms with Gasteiger partial charge in [-0.15, -0.1) is 0 Å². The molecule has 0 atom stereocenters. The number of phenolic OH excluding ortho intramolecular Hbond substituents is 1. The van der Waals surface area contributed by atoms with Crippen molar-refractivity contribution in [1.82, 2.24) is 0 Å². The number of aryl methyl sites for hydroxylation is 2. The van der Waals surface area contributed by atoms with Crippen molar-refractivity contribution < 1.29 is 27.1 Å². The van der Waals surface area contributed by atoms with Crippen LogP contribution in [-0.2, 0) is 12.8 Å². The summed E-state index contributed by atoms with van der Waals surface area (Å²) in [5, 5.41) is 24.7. The number of hydrogen-bond acceptors (Lipinski definition) is 6. The Balaban J connectivity index is 0.000000140. The second-order valence-electron chi connectivity index (χ2n) is 17.6. The first-order valence-electron chi connectivity index (χ1n) is 26.2. The van der Waals surface area contributed by atoms with Crippen LogP contribution in [0.2, 0.25) is 0 Å². The quantitative estimate of drug-likeness (QED) is 0.117. The van der Waals surface area contributed by atoms with E-state index in [4.69, 9.17) is 17.6 Å². The summed E-state index contributed by atoms with van der Waals surface area (Å²) in [4.78, 5) is 0. The average molecular weight is 1080 g/mol. The third-order valence-electron chi connectivity index (χ3n) is 13.1. The van der Waals surface area contributed by atoms with E-state index in [1.54, 1.807) is 6.07 Å². The molecule has 5 nitrogen and oxygen atoms in total. The van der Waals surface area contributed by atoms with Gasteiger partial charge in [-0.1, -0.05) is 211 Å². The number of furan rings is 3. The summed E-state index contributed by atoms with van der Waals surface area (Å²) in [6, 6.07) is 65.6. The maximum atomic E-state index is 9.96. The number of hydrogen-bond donors (Lipinski definition) is 2. The average Bonchev–Trinajstić information content (AvgIpc) is 4.32. The van der Waals surface area contributed by atoms with Crippen molar-refractivity contribution in [2.24, 2.45) is 4.30 Å². The molecule has 1 radical (unpaired) electrons. The van der Waals surface area contributed by atoms with Crippen LogP contribution in [0.4, 0.5) is 4.39 Å². The summed E-state index contributed by atoms with van der Waals surface area (Å²) < 4.78 is 47.4. The number of rotatable bonds is 0. The van der Waals surface area contributed by atoms with Crippen molar-refractivity contribution in [2.75, 3.05) is 7.15 Å². The van der Waals surface area contributed by atoms with Crippen LogP contribution in [0.25, 0.3) is 97.9 Å². The number of allylic oxidation sites excluding steroid dienone is 4. The third kappa shape index (κ3) is 12.0. The van der Waals surface area contributed by atoms with Crippen LogP contribution in [0, 0.1) is 0 Å². The summed E-state index contributed by atoms with van der Waals surface area (Å²) in [5.41, 5.74) is 6.40. The first kappa shape index (κ1) is 50.8. The Morgan fingerprint density at radius 1 is 0.533 bits per heavy atom. The number of phenols is 1. The predicted molar refractivity (Wildman–Crippen MR) is 327 cm³/mol. The maximum absolute atomic E-state index is 9.96. The van der Waals surface area contributed by atoms with Gasteiger partial charge < -0.3 is 18.4 Å². The molecule has 1 N–H and O–H groups in total. The SMILES string of the molecule is Brc1cc2c3ccccc3oc2c2ccccc12.C.C1=CCCC=C1.Oc1cccc2ccccc12.[2H]CF.[2H][2H].[B]=NS.c1ccc2c(c1)ccc1c3c(oc12)CCCC3.c1ccc2c(c1)ccc1c3ccccc3oc21. The normalized spacial score (nSPS) is 12.4. The summed E-state index contributed by atoms with van der Waals surface area (Å²) in [6.07, 6.45) is 15.9. The topological polar surface area (TPSA) is 72.0 Å². The Morgan fingerprint density at radius 2 is 0.947 bits per heavy atom. The molecular weight excluding hydrogens is 1010 g/mol. The Labute approximate surface area is 456 Å². The Hall–Kier alpha value is -7.72. The zero-order valence-electron chi connectivity index (χ0n) is 43.6. The summed E-state index contributed by atoms with van der Waals surface area (Å²) in [7, 11) is 3.34. The smallest absolute Gasteiger partial charge is 0.143 e. The van der Waals surface area contributed by atoms with Crippen molar-refractivity contribution in [1.29, 1.82) is 0 Å². The van der Waals surface area contributed by atoms with E-state index in [-0.39, 0.29) is 7.43 Å². The monoisotopic (exact) mass is 1070 g/mol. The zero-order chi connectivity index (χ0) is 53.9. The van der Waals surface area contributed by atoms with Gasteiger partial charge in [0.25, 0.3) is 0 Å². The molecule has 3 heterocycles. The minimum atomic E-state index is -1.00. The van der Waals surface area contributed by atoms with Crippen LogP contribution < -0.4 is 0 Å². The molecule has 0 amide bonds. The van der Waals surface area contributed by atoms with Crippen LogP contribution in [0.5, 0.6) is 5.75 Å². The van der Waals surface area contributed by atoms with E-state index in [9.17, 15) is 9.50 Å². The Bertz CT molecular complexity index is 4120. The molecule has 0 unspecified atom stereocenters. The van der Waals surface area contributed by atoms with E-state index < -0.39 is 7.15 Å². The van der Waals surface area contributed by atoms with Gasteiger partial charge in [0.1, 0.15) is 39.4 Å². The van der Waals surface area contributed by atoms with Gasteiger partial charge in [0.15, 0.2) is 0 Å². The van der Waals surface area contributed by atoms with Gasteiger partial charge in [0.05, 0.1) is 8.52 Å². The van der Waals surface area contributed by atoms with Crippen molar-refractivity contribution in [3.05, 3.63) is 234 Å². The van der Waals surface area contributed by atoms with E-state index in [1.165, 1.54) is 91.9 Å². The van der Waals surface area contributed by atoms with Gasteiger partial charge in [0, 0.05) is 67.9 Å². The number of thiol groups is 1. The number of benzene rings is 10. The largest absolute Gasteiger partial charge is 0.460 e. The van der Waals surface area contributed by atoms with Crippen LogP contribution >= 0.6 is 28.7 Å². The molecule has 2 aliphatic carbocycles. The van der Waals surface area contributed by atoms with Gasteiger partial charge in [-0.2, -0.15) is 0 Å². The number of para-hydroxylation sites is 2. The number of aromatic hydroxyl groups is 1. The van der Waals surface area contributed by atoms with Gasteiger partial charge in [-0.25, -0.2) is 0 Å². The molecule has 375 valence electrons. The van der Waals surface area contributed by atoms with Crippen molar-refractivity contribution >= 4 is 134 Å². The third-order valence-corrected chi connectivity index (χ3v) is 13.8.